The van der Waals surface area contributed by atoms with E-state index in [2.05, 4.69) is 0 Å². The molecule has 46 heavy (non-hydrogen) atoms. The fraction of sp³-hybridized carbons (Fsp3) is 0.514. The first kappa shape index (κ1) is 38.0. The summed E-state index contributed by atoms with van der Waals surface area (Å²) >= 11 is 0. The fourth-order valence-corrected chi connectivity index (χ4v) is 3.92. The molecule has 2 rings (SSSR count). The molecular weight excluding hydrogens is 588 g/mol. The van der Waals surface area contributed by atoms with Crippen LogP contribution in [-0.4, -0.2) is 52.9 Å². The van der Waals surface area contributed by atoms with Crippen LogP contribution in [0.4, 0.5) is 0 Å². The van der Waals surface area contributed by atoms with Crippen molar-refractivity contribution in [1.82, 2.24) is 0 Å². The Labute approximate surface area is 273 Å². The van der Waals surface area contributed by atoms with Gasteiger partial charge in [-0.15, -0.1) is 0 Å². The van der Waals surface area contributed by atoms with Gasteiger partial charge in [-0.3, -0.25) is 0 Å². The Kier molecular flexibility index (Phi) is 12.4. The van der Waals surface area contributed by atoms with E-state index in [-0.39, 0.29) is 28.9 Å². The van der Waals surface area contributed by atoms with Crippen LogP contribution in [0.1, 0.15) is 137 Å². The second-order valence-corrected chi connectivity index (χ2v) is 15.0. The third-order valence-corrected chi connectivity index (χ3v) is 5.55. The topological polar surface area (TPSA) is 114 Å². The van der Waals surface area contributed by atoms with Crippen molar-refractivity contribution in [3.63, 3.8) is 0 Å². The number of hydrogen-bond acceptors (Lipinski definition) is 9. The van der Waals surface area contributed by atoms with E-state index in [1.165, 1.54) is 24.3 Å². The number of aryl methyl sites for hydroxylation is 1. The van der Waals surface area contributed by atoms with Crippen molar-refractivity contribution in [3.8, 4) is 5.75 Å². The standard InChI is InChI=1S/C37H50O9/c1-34(2,3)43-30(38)25-18-24(19-26(20-25)31(39)44-35(4,5)6)16-14-13-15-17-42-29-22-27(32(40)45-36(7,8)9)21-28(23-29)33(41)46-37(10,11)12/h13,15,18-23H,14,16-17H2,1-12H3/b15-13-. The summed E-state index contributed by atoms with van der Waals surface area (Å²) in [6, 6.07) is 9.40. The number of carbonyl (C=O) groups excluding carboxylic acids is 4. The van der Waals surface area contributed by atoms with Crippen molar-refractivity contribution in [3.05, 3.63) is 76.4 Å². The van der Waals surface area contributed by atoms with Crippen molar-refractivity contribution in [2.45, 2.75) is 118 Å². The van der Waals surface area contributed by atoms with Gasteiger partial charge >= 0.3 is 23.9 Å². The molecule has 0 radical (unpaired) electrons. The smallest absolute Gasteiger partial charge is 0.338 e. The van der Waals surface area contributed by atoms with Crippen molar-refractivity contribution in [2.75, 3.05) is 6.61 Å². The van der Waals surface area contributed by atoms with Gasteiger partial charge in [-0.05, 0) is 138 Å². The van der Waals surface area contributed by atoms with E-state index < -0.39 is 46.3 Å². The highest BCUT2D eigenvalue weighted by Crippen LogP contribution is 2.23. The molecule has 2 aromatic rings. The lowest BCUT2D eigenvalue weighted by molar-refractivity contribution is 0.00460. The Balaban J connectivity index is 2.20. The number of benzene rings is 2. The molecule has 0 heterocycles. The molecule has 0 aliphatic heterocycles. The van der Waals surface area contributed by atoms with Gasteiger partial charge in [-0.2, -0.15) is 0 Å². The van der Waals surface area contributed by atoms with E-state index in [0.717, 1.165) is 5.56 Å². The van der Waals surface area contributed by atoms with E-state index in [9.17, 15) is 19.2 Å². The molecule has 0 aromatic heterocycles. The Morgan fingerprint density at radius 1 is 0.500 bits per heavy atom. The van der Waals surface area contributed by atoms with Gasteiger partial charge in [-0.25, -0.2) is 19.2 Å². The first-order valence-corrected chi connectivity index (χ1v) is 15.4. The number of rotatable bonds is 10. The summed E-state index contributed by atoms with van der Waals surface area (Å²) < 4.78 is 27.9. The zero-order valence-corrected chi connectivity index (χ0v) is 29.4. The van der Waals surface area contributed by atoms with Crippen LogP contribution in [0.25, 0.3) is 0 Å². The molecule has 0 saturated carbocycles. The monoisotopic (exact) mass is 638 g/mol. The highest BCUT2D eigenvalue weighted by atomic mass is 16.6. The van der Waals surface area contributed by atoms with Gasteiger partial charge in [0.05, 0.1) is 22.3 Å². The molecule has 0 bridgehead atoms. The molecule has 0 aliphatic rings. The van der Waals surface area contributed by atoms with Crippen molar-refractivity contribution in [2.24, 2.45) is 0 Å². The van der Waals surface area contributed by atoms with Crippen LogP contribution in [-0.2, 0) is 25.4 Å². The zero-order valence-electron chi connectivity index (χ0n) is 29.4. The average molecular weight is 639 g/mol. The highest BCUT2D eigenvalue weighted by Gasteiger charge is 2.24. The second-order valence-electron chi connectivity index (χ2n) is 15.0. The predicted molar refractivity (Wildman–Crippen MR) is 177 cm³/mol. The van der Waals surface area contributed by atoms with Crippen LogP contribution in [0.2, 0.25) is 0 Å². The number of esters is 4. The van der Waals surface area contributed by atoms with E-state index in [1.807, 2.05) is 6.08 Å². The zero-order chi connectivity index (χ0) is 35.1. The maximum Gasteiger partial charge on any atom is 0.338 e. The molecule has 2 aromatic carbocycles. The molecule has 0 unspecified atom stereocenters. The van der Waals surface area contributed by atoms with Gasteiger partial charge in [0.25, 0.3) is 0 Å². The van der Waals surface area contributed by atoms with Crippen LogP contribution in [0.15, 0.2) is 48.6 Å². The molecule has 0 atom stereocenters. The molecule has 0 spiro atoms. The van der Waals surface area contributed by atoms with Crippen molar-refractivity contribution >= 4 is 23.9 Å². The van der Waals surface area contributed by atoms with Crippen LogP contribution in [0.3, 0.4) is 0 Å². The van der Waals surface area contributed by atoms with E-state index in [1.54, 1.807) is 101 Å². The van der Waals surface area contributed by atoms with Gasteiger partial charge in [-0.1, -0.05) is 12.2 Å². The minimum Gasteiger partial charge on any atom is -0.489 e. The summed E-state index contributed by atoms with van der Waals surface area (Å²) in [5, 5.41) is 0. The summed E-state index contributed by atoms with van der Waals surface area (Å²) in [4.78, 5) is 51.2. The van der Waals surface area contributed by atoms with Gasteiger partial charge in [0.1, 0.15) is 34.8 Å². The van der Waals surface area contributed by atoms with E-state index in [4.69, 9.17) is 23.7 Å². The summed E-state index contributed by atoms with van der Waals surface area (Å²) in [6.07, 6.45) is 4.81. The van der Waals surface area contributed by atoms with E-state index in [0.29, 0.717) is 18.6 Å². The largest absolute Gasteiger partial charge is 0.489 e. The third-order valence-electron chi connectivity index (χ3n) is 5.55. The minimum atomic E-state index is -0.719. The molecule has 0 saturated heterocycles. The fourth-order valence-electron chi connectivity index (χ4n) is 3.92. The third kappa shape index (κ3) is 14.3. The van der Waals surface area contributed by atoms with Crippen LogP contribution in [0.5, 0.6) is 5.75 Å². The molecule has 0 amide bonds. The first-order valence-electron chi connectivity index (χ1n) is 15.4. The second kappa shape index (κ2) is 15.0. The van der Waals surface area contributed by atoms with Crippen molar-refractivity contribution in [1.29, 1.82) is 0 Å². The Hall–Kier alpha value is -4.14. The normalized spacial score (nSPS) is 12.4. The van der Waals surface area contributed by atoms with E-state index >= 15 is 0 Å². The van der Waals surface area contributed by atoms with Gasteiger partial charge in [0.15, 0.2) is 0 Å². The first-order chi connectivity index (χ1) is 20.9. The minimum absolute atomic E-state index is 0.159. The van der Waals surface area contributed by atoms with Crippen LogP contribution < -0.4 is 4.74 Å². The number of allylic oxidation sites excluding steroid dienone is 1. The lowest BCUT2D eigenvalue weighted by Gasteiger charge is -2.21. The molecule has 0 fully saturated rings. The van der Waals surface area contributed by atoms with Crippen LogP contribution >= 0.6 is 0 Å². The highest BCUT2D eigenvalue weighted by molar-refractivity contribution is 5.97. The summed E-state index contributed by atoms with van der Waals surface area (Å²) in [6.45, 7) is 21.4. The Morgan fingerprint density at radius 2 is 0.826 bits per heavy atom. The molecule has 0 aliphatic carbocycles. The quantitative estimate of drug-likeness (QED) is 0.145. The summed E-state index contributed by atoms with van der Waals surface area (Å²) in [5.74, 6) is -1.92. The molecule has 252 valence electrons. The summed E-state index contributed by atoms with van der Waals surface area (Å²) in [7, 11) is 0. The SMILES string of the molecule is CC(C)(C)OC(=O)c1cc(CC/C=C\COc2cc(C(=O)OC(C)(C)C)cc(C(=O)OC(C)(C)C)c2)cc(C(=O)OC(C)(C)C)c1. The summed E-state index contributed by atoms with van der Waals surface area (Å²) in [5.41, 5.74) is -1.18. The number of ether oxygens (including phenoxy) is 5. The lowest BCUT2D eigenvalue weighted by atomic mass is 10.0. The molecule has 0 N–H and O–H groups in total. The Bertz CT molecular complexity index is 1240. The van der Waals surface area contributed by atoms with Crippen LogP contribution in [0, 0.1) is 0 Å². The molecular formula is C37H50O9. The number of carbonyl (C=O) groups is 4. The average Bonchev–Trinajstić information content (AvgIpc) is 2.86. The van der Waals surface area contributed by atoms with Gasteiger partial charge in [0.2, 0.25) is 0 Å². The predicted octanol–water partition coefficient (Wildman–Crippen LogP) is 8.08. The molecule has 9 heteroatoms. The van der Waals surface area contributed by atoms with Gasteiger partial charge < -0.3 is 23.7 Å². The van der Waals surface area contributed by atoms with Crippen molar-refractivity contribution < 1.29 is 42.9 Å². The maximum atomic E-state index is 12.8. The molecule has 9 nitrogen and oxygen atoms in total. The lowest BCUT2D eigenvalue weighted by Crippen LogP contribution is -2.25. The number of hydrogen-bond donors (Lipinski definition) is 0. The maximum absolute atomic E-state index is 12.8. The Morgan fingerprint density at radius 3 is 1.15 bits per heavy atom. The van der Waals surface area contributed by atoms with Gasteiger partial charge in [0, 0.05) is 0 Å².